The van der Waals surface area contributed by atoms with E-state index in [4.69, 9.17) is 5.84 Å². The van der Waals surface area contributed by atoms with Gasteiger partial charge >= 0.3 is 6.18 Å². The lowest BCUT2D eigenvalue weighted by Gasteiger charge is -2.13. The SMILES string of the molecule is NNc1nc(NCC2CCCC2)cc(C(F)(F)F)n1. The highest BCUT2D eigenvalue weighted by Crippen LogP contribution is 2.30. The predicted molar refractivity (Wildman–Crippen MR) is 65.3 cm³/mol. The Morgan fingerprint density at radius 1 is 1.26 bits per heavy atom. The molecular formula is C11H16F3N5. The Kier molecular flexibility index (Phi) is 4.08. The van der Waals surface area contributed by atoms with Crippen LogP contribution in [0.4, 0.5) is 24.9 Å². The van der Waals surface area contributed by atoms with Gasteiger partial charge in [0, 0.05) is 12.6 Å². The lowest BCUT2D eigenvalue weighted by Crippen LogP contribution is -2.18. The molecular weight excluding hydrogens is 259 g/mol. The number of rotatable bonds is 4. The number of hydrazine groups is 1. The normalized spacial score (nSPS) is 16.6. The van der Waals surface area contributed by atoms with Gasteiger partial charge in [-0.05, 0) is 18.8 Å². The van der Waals surface area contributed by atoms with Crippen molar-refractivity contribution in [3.8, 4) is 0 Å². The fourth-order valence-corrected chi connectivity index (χ4v) is 2.21. The Balaban J connectivity index is 2.10. The van der Waals surface area contributed by atoms with Gasteiger partial charge in [0.15, 0.2) is 5.69 Å². The van der Waals surface area contributed by atoms with Crippen molar-refractivity contribution >= 4 is 11.8 Å². The fraction of sp³-hybridized carbons (Fsp3) is 0.636. The van der Waals surface area contributed by atoms with Gasteiger partial charge in [-0.2, -0.15) is 18.2 Å². The largest absolute Gasteiger partial charge is 0.433 e. The first kappa shape index (κ1) is 13.9. The van der Waals surface area contributed by atoms with Crippen LogP contribution >= 0.6 is 0 Å². The van der Waals surface area contributed by atoms with Crippen LogP contribution in [0.5, 0.6) is 0 Å². The second-order valence-electron chi connectivity index (χ2n) is 4.64. The highest BCUT2D eigenvalue weighted by molar-refractivity contribution is 5.42. The number of nitrogen functional groups attached to an aromatic ring is 1. The first-order chi connectivity index (χ1) is 8.99. The summed E-state index contributed by atoms with van der Waals surface area (Å²) in [6.45, 7) is 0.623. The van der Waals surface area contributed by atoms with Crippen LogP contribution in [0.15, 0.2) is 6.07 Å². The van der Waals surface area contributed by atoms with Crippen molar-refractivity contribution in [3.05, 3.63) is 11.8 Å². The zero-order valence-corrected chi connectivity index (χ0v) is 10.3. The zero-order chi connectivity index (χ0) is 13.9. The standard InChI is InChI=1S/C11H16F3N5/c12-11(13,14)8-5-9(18-10(17-8)19-15)16-6-7-3-1-2-4-7/h5,7H,1-4,6,15H2,(H2,16,17,18,19). The van der Waals surface area contributed by atoms with Crippen molar-refractivity contribution in [2.75, 3.05) is 17.3 Å². The highest BCUT2D eigenvalue weighted by atomic mass is 19.4. The van der Waals surface area contributed by atoms with E-state index < -0.39 is 11.9 Å². The summed E-state index contributed by atoms with van der Waals surface area (Å²) in [6.07, 6.45) is 0.0514. The molecule has 2 rings (SSSR count). The molecule has 5 nitrogen and oxygen atoms in total. The van der Waals surface area contributed by atoms with Crippen LogP contribution in [0.25, 0.3) is 0 Å². The summed E-state index contributed by atoms with van der Waals surface area (Å²) in [7, 11) is 0. The Bertz CT molecular complexity index is 429. The molecule has 0 bridgehead atoms. The molecule has 0 unspecified atom stereocenters. The number of nitrogens with zero attached hydrogens (tertiary/aromatic N) is 2. The molecule has 0 aromatic carbocycles. The van der Waals surface area contributed by atoms with Crippen molar-refractivity contribution in [2.45, 2.75) is 31.9 Å². The first-order valence-electron chi connectivity index (χ1n) is 6.16. The van der Waals surface area contributed by atoms with E-state index in [0.717, 1.165) is 18.9 Å². The number of nitrogens with one attached hydrogen (secondary N) is 2. The zero-order valence-electron chi connectivity index (χ0n) is 10.3. The van der Waals surface area contributed by atoms with Crippen molar-refractivity contribution in [1.29, 1.82) is 0 Å². The average Bonchev–Trinajstić information content (AvgIpc) is 2.88. The fourth-order valence-electron chi connectivity index (χ4n) is 2.21. The molecule has 1 heterocycles. The van der Waals surface area contributed by atoms with Gasteiger partial charge in [0.25, 0.3) is 0 Å². The third kappa shape index (κ3) is 3.69. The highest BCUT2D eigenvalue weighted by Gasteiger charge is 2.33. The summed E-state index contributed by atoms with van der Waals surface area (Å²) in [5.41, 5.74) is 1.04. The number of anilines is 2. The van der Waals surface area contributed by atoms with Crippen LogP contribution < -0.4 is 16.6 Å². The van der Waals surface area contributed by atoms with E-state index in [0.29, 0.717) is 12.5 Å². The molecule has 1 aliphatic rings. The number of nitrogens with two attached hydrogens (primary N) is 1. The minimum atomic E-state index is -4.52. The maximum absolute atomic E-state index is 12.6. The summed E-state index contributed by atoms with van der Waals surface area (Å²) >= 11 is 0. The van der Waals surface area contributed by atoms with Gasteiger partial charge in [-0.1, -0.05) is 12.8 Å². The van der Waals surface area contributed by atoms with Gasteiger partial charge < -0.3 is 5.32 Å². The smallest absolute Gasteiger partial charge is 0.370 e. The van der Waals surface area contributed by atoms with E-state index in [-0.39, 0.29) is 11.8 Å². The lowest BCUT2D eigenvalue weighted by molar-refractivity contribution is -0.141. The maximum atomic E-state index is 12.6. The molecule has 0 saturated heterocycles. The maximum Gasteiger partial charge on any atom is 0.433 e. The van der Waals surface area contributed by atoms with E-state index in [2.05, 4.69) is 15.3 Å². The third-order valence-electron chi connectivity index (χ3n) is 3.19. The van der Waals surface area contributed by atoms with E-state index in [1.807, 2.05) is 5.43 Å². The Morgan fingerprint density at radius 2 is 1.95 bits per heavy atom. The molecule has 1 aliphatic carbocycles. The van der Waals surface area contributed by atoms with Crippen LogP contribution in [0.2, 0.25) is 0 Å². The monoisotopic (exact) mass is 275 g/mol. The topological polar surface area (TPSA) is 75.9 Å². The Morgan fingerprint density at radius 3 is 2.53 bits per heavy atom. The minimum Gasteiger partial charge on any atom is -0.370 e. The molecule has 8 heteroatoms. The van der Waals surface area contributed by atoms with Crippen molar-refractivity contribution in [3.63, 3.8) is 0 Å². The summed E-state index contributed by atoms with van der Waals surface area (Å²) < 4.78 is 37.9. The van der Waals surface area contributed by atoms with Crippen molar-refractivity contribution in [2.24, 2.45) is 11.8 Å². The molecule has 0 atom stereocenters. The van der Waals surface area contributed by atoms with E-state index in [9.17, 15) is 13.2 Å². The summed E-state index contributed by atoms with van der Waals surface area (Å²) in [5, 5.41) is 2.93. The Hall–Kier alpha value is -1.57. The van der Waals surface area contributed by atoms with Crippen LogP contribution in [-0.4, -0.2) is 16.5 Å². The van der Waals surface area contributed by atoms with E-state index >= 15 is 0 Å². The molecule has 1 saturated carbocycles. The van der Waals surface area contributed by atoms with Crippen LogP contribution in [0.3, 0.4) is 0 Å². The van der Waals surface area contributed by atoms with Crippen LogP contribution in [0.1, 0.15) is 31.4 Å². The number of aromatic nitrogens is 2. The summed E-state index contributed by atoms with van der Waals surface area (Å²) in [4.78, 5) is 7.16. The third-order valence-corrected chi connectivity index (χ3v) is 3.19. The predicted octanol–water partition coefficient (Wildman–Crippen LogP) is 2.38. The molecule has 1 fully saturated rings. The summed E-state index contributed by atoms with van der Waals surface area (Å²) in [6, 6.07) is 0.899. The average molecular weight is 275 g/mol. The van der Waals surface area contributed by atoms with Crippen molar-refractivity contribution < 1.29 is 13.2 Å². The summed E-state index contributed by atoms with van der Waals surface area (Å²) in [5.74, 6) is 5.47. The molecule has 4 N–H and O–H groups in total. The van der Waals surface area contributed by atoms with E-state index in [1.54, 1.807) is 0 Å². The molecule has 0 amide bonds. The van der Waals surface area contributed by atoms with Crippen molar-refractivity contribution in [1.82, 2.24) is 9.97 Å². The second-order valence-corrected chi connectivity index (χ2v) is 4.64. The quantitative estimate of drug-likeness (QED) is 0.581. The molecule has 19 heavy (non-hydrogen) atoms. The van der Waals surface area contributed by atoms with Gasteiger partial charge in [-0.15, -0.1) is 0 Å². The van der Waals surface area contributed by atoms with Gasteiger partial charge in [0.2, 0.25) is 5.95 Å². The first-order valence-corrected chi connectivity index (χ1v) is 6.16. The number of hydrogen-bond acceptors (Lipinski definition) is 5. The molecule has 1 aromatic rings. The number of hydrogen-bond donors (Lipinski definition) is 3. The molecule has 0 spiro atoms. The minimum absolute atomic E-state index is 0.141. The number of alkyl halides is 3. The molecule has 0 aliphatic heterocycles. The Labute approximate surface area is 108 Å². The van der Waals surface area contributed by atoms with Gasteiger partial charge in [-0.3, -0.25) is 5.43 Å². The van der Waals surface area contributed by atoms with Gasteiger partial charge in [-0.25, -0.2) is 10.8 Å². The molecule has 1 aromatic heterocycles. The second kappa shape index (κ2) is 5.60. The molecule has 0 radical (unpaired) electrons. The number of halogens is 3. The van der Waals surface area contributed by atoms with Gasteiger partial charge in [0.05, 0.1) is 0 Å². The lowest BCUT2D eigenvalue weighted by atomic mass is 10.1. The van der Waals surface area contributed by atoms with E-state index in [1.165, 1.54) is 12.8 Å². The van der Waals surface area contributed by atoms with Crippen LogP contribution in [-0.2, 0) is 6.18 Å². The molecule has 106 valence electrons. The van der Waals surface area contributed by atoms with Crippen LogP contribution in [0, 0.1) is 5.92 Å². The van der Waals surface area contributed by atoms with Gasteiger partial charge in [0.1, 0.15) is 5.82 Å².